The molecular weight excluding hydrogens is 244 g/mol. The standard InChI is InChI=1S/C10H20N2O4S/c1-8-6-4-5-7-12(8)17(15,16)11-10(2,3)9(13)14/h8,11H,4-7H2,1-3H3,(H,13,14). The zero-order valence-corrected chi connectivity index (χ0v) is 11.2. The van der Waals surface area contributed by atoms with Crippen molar-refractivity contribution in [3.63, 3.8) is 0 Å². The van der Waals surface area contributed by atoms with Gasteiger partial charge in [-0.15, -0.1) is 0 Å². The van der Waals surface area contributed by atoms with Gasteiger partial charge in [0.1, 0.15) is 5.54 Å². The van der Waals surface area contributed by atoms with E-state index in [1.165, 1.54) is 18.2 Å². The summed E-state index contributed by atoms with van der Waals surface area (Å²) in [6.45, 7) is 4.96. The van der Waals surface area contributed by atoms with E-state index < -0.39 is 21.7 Å². The number of hydrogen-bond donors (Lipinski definition) is 2. The van der Waals surface area contributed by atoms with Crippen LogP contribution in [0.15, 0.2) is 0 Å². The fourth-order valence-electron chi connectivity index (χ4n) is 1.85. The molecule has 0 aromatic carbocycles. The molecule has 1 heterocycles. The first-order chi connectivity index (χ1) is 7.67. The van der Waals surface area contributed by atoms with Gasteiger partial charge in [0, 0.05) is 12.6 Å². The van der Waals surface area contributed by atoms with E-state index in [9.17, 15) is 13.2 Å². The van der Waals surface area contributed by atoms with Crippen molar-refractivity contribution in [2.45, 2.75) is 51.6 Å². The van der Waals surface area contributed by atoms with Crippen molar-refractivity contribution in [2.75, 3.05) is 6.54 Å². The molecule has 7 heteroatoms. The molecule has 0 amide bonds. The average molecular weight is 264 g/mol. The van der Waals surface area contributed by atoms with Gasteiger partial charge < -0.3 is 5.11 Å². The molecule has 100 valence electrons. The van der Waals surface area contributed by atoms with E-state index in [2.05, 4.69) is 4.72 Å². The number of piperidine rings is 1. The molecule has 1 atom stereocenters. The van der Waals surface area contributed by atoms with Gasteiger partial charge in [-0.05, 0) is 33.6 Å². The predicted octanol–water partition coefficient (Wildman–Crippen LogP) is 0.558. The molecule has 1 aliphatic rings. The van der Waals surface area contributed by atoms with Crippen LogP contribution in [-0.4, -0.2) is 41.9 Å². The second-order valence-electron chi connectivity index (χ2n) is 4.99. The summed E-state index contributed by atoms with van der Waals surface area (Å²) in [5, 5.41) is 8.92. The Balaban J connectivity index is 2.84. The third kappa shape index (κ3) is 3.40. The van der Waals surface area contributed by atoms with Crippen LogP contribution in [0.4, 0.5) is 0 Å². The van der Waals surface area contributed by atoms with E-state index in [0.717, 1.165) is 19.3 Å². The summed E-state index contributed by atoms with van der Waals surface area (Å²) in [5.74, 6) is -1.19. The molecule has 6 nitrogen and oxygen atoms in total. The maximum Gasteiger partial charge on any atom is 0.324 e. The zero-order chi connectivity index (χ0) is 13.3. The number of nitrogens with zero attached hydrogens (tertiary/aromatic N) is 1. The predicted molar refractivity (Wildman–Crippen MR) is 63.8 cm³/mol. The monoisotopic (exact) mass is 264 g/mol. The fraction of sp³-hybridized carbons (Fsp3) is 0.900. The van der Waals surface area contributed by atoms with Gasteiger partial charge in [0.25, 0.3) is 10.2 Å². The zero-order valence-electron chi connectivity index (χ0n) is 10.4. The van der Waals surface area contributed by atoms with E-state index in [1.54, 1.807) is 0 Å². The summed E-state index contributed by atoms with van der Waals surface area (Å²) in [4.78, 5) is 10.9. The quantitative estimate of drug-likeness (QED) is 0.776. The lowest BCUT2D eigenvalue weighted by atomic mass is 10.1. The number of carboxylic acid groups (broad SMARTS) is 1. The lowest BCUT2D eigenvalue weighted by Gasteiger charge is -2.34. The molecule has 1 aliphatic heterocycles. The van der Waals surface area contributed by atoms with E-state index in [-0.39, 0.29) is 6.04 Å². The third-order valence-electron chi connectivity index (χ3n) is 2.97. The maximum atomic E-state index is 12.1. The van der Waals surface area contributed by atoms with Crippen LogP contribution in [0, 0.1) is 0 Å². The van der Waals surface area contributed by atoms with Crippen molar-refractivity contribution in [1.82, 2.24) is 9.03 Å². The SMILES string of the molecule is CC1CCCCN1S(=O)(=O)NC(C)(C)C(=O)O. The Kier molecular flexibility index (Phi) is 4.16. The van der Waals surface area contributed by atoms with Crippen LogP contribution in [-0.2, 0) is 15.0 Å². The molecule has 0 radical (unpaired) electrons. The Bertz CT molecular complexity index is 391. The Morgan fingerprint density at radius 2 is 2.00 bits per heavy atom. The first-order valence-corrected chi connectivity index (χ1v) is 7.15. The number of hydrogen-bond acceptors (Lipinski definition) is 3. The van der Waals surface area contributed by atoms with Gasteiger partial charge in [-0.25, -0.2) is 0 Å². The molecular formula is C10H20N2O4S. The van der Waals surface area contributed by atoms with Gasteiger partial charge in [0.05, 0.1) is 0 Å². The Morgan fingerprint density at radius 1 is 1.41 bits per heavy atom. The van der Waals surface area contributed by atoms with Crippen LogP contribution in [0.1, 0.15) is 40.0 Å². The molecule has 1 saturated heterocycles. The summed E-state index contributed by atoms with van der Waals surface area (Å²) in [6.07, 6.45) is 2.64. The molecule has 0 aliphatic carbocycles. The maximum absolute atomic E-state index is 12.1. The van der Waals surface area contributed by atoms with Crippen molar-refractivity contribution in [1.29, 1.82) is 0 Å². The summed E-state index contributed by atoms with van der Waals surface area (Å²) >= 11 is 0. The summed E-state index contributed by atoms with van der Waals surface area (Å²) < 4.78 is 27.7. The van der Waals surface area contributed by atoms with Gasteiger partial charge in [0.2, 0.25) is 0 Å². The highest BCUT2D eigenvalue weighted by Crippen LogP contribution is 2.20. The smallest absolute Gasteiger partial charge is 0.324 e. The first kappa shape index (κ1) is 14.4. The minimum Gasteiger partial charge on any atom is -0.480 e. The van der Waals surface area contributed by atoms with Gasteiger partial charge in [-0.1, -0.05) is 6.42 Å². The Hall–Kier alpha value is -0.660. The lowest BCUT2D eigenvalue weighted by Crippen LogP contribution is -2.56. The molecule has 0 saturated carbocycles. The largest absolute Gasteiger partial charge is 0.480 e. The topological polar surface area (TPSA) is 86.7 Å². The molecule has 0 bridgehead atoms. The molecule has 0 aromatic rings. The highest BCUT2D eigenvalue weighted by molar-refractivity contribution is 7.87. The number of aliphatic carboxylic acids is 1. The van der Waals surface area contributed by atoms with E-state index in [4.69, 9.17) is 5.11 Å². The number of nitrogens with one attached hydrogen (secondary N) is 1. The highest BCUT2D eigenvalue weighted by atomic mass is 32.2. The van der Waals surface area contributed by atoms with E-state index >= 15 is 0 Å². The van der Waals surface area contributed by atoms with E-state index in [1.807, 2.05) is 6.92 Å². The minimum atomic E-state index is -3.73. The van der Waals surface area contributed by atoms with Crippen LogP contribution < -0.4 is 4.72 Å². The third-order valence-corrected chi connectivity index (χ3v) is 4.90. The minimum absolute atomic E-state index is 0.0779. The van der Waals surface area contributed by atoms with Crippen molar-refractivity contribution in [3.05, 3.63) is 0 Å². The molecule has 0 aromatic heterocycles. The van der Waals surface area contributed by atoms with Crippen molar-refractivity contribution in [3.8, 4) is 0 Å². The van der Waals surface area contributed by atoms with Gasteiger partial charge >= 0.3 is 5.97 Å². The first-order valence-electron chi connectivity index (χ1n) is 5.71. The van der Waals surface area contributed by atoms with Gasteiger partial charge in [0.15, 0.2) is 0 Å². The van der Waals surface area contributed by atoms with Crippen LogP contribution in [0.2, 0.25) is 0 Å². The van der Waals surface area contributed by atoms with Crippen LogP contribution in [0.3, 0.4) is 0 Å². The van der Waals surface area contributed by atoms with Crippen LogP contribution in [0.25, 0.3) is 0 Å². The van der Waals surface area contributed by atoms with Crippen molar-refractivity contribution >= 4 is 16.2 Å². The normalized spacial score (nSPS) is 23.6. The van der Waals surface area contributed by atoms with Crippen LogP contribution >= 0.6 is 0 Å². The van der Waals surface area contributed by atoms with Crippen LogP contribution in [0.5, 0.6) is 0 Å². The number of carboxylic acids is 1. The molecule has 0 spiro atoms. The number of carbonyl (C=O) groups is 1. The Labute approximate surface area is 102 Å². The second kappa shape index (κ2) is 4.91. The lowest BCUT2D eigenvalue weighted by molar-refractivity contribution is -0.142. The summed E-state index contributed by atoms with van der Waals surface area (Å²) in [7, 11) is -3.73. The molecule has 1 rings (SSSR count). The summed E-state index contributed by atoms with van der Waals surface area (Å²) in [6, 6.07) is -0.0779. The van der Waals surface area contributed by atoms with E-state index in [0.29, 0.717) is 6.54 Å². The fourth-order valence-corrected chi connectivity index (χ4v) is 3.65. The second-order valence-corrected chi connectivity index (χ2v) is 6.62. The van der Waals surface area contributed by atoms with Gasteiger partial charge in [-0.3, -0.25) is 4.79 Å². The van der Waals surface area contributed by atoms with Gasteiger partial charge in [-0.2, -0.15) is 17.4 Å². The highest BCUT2D eigenvalue weighted by Gasteiger charge is 2.37. The molecule has 17 heavy (non-hydrogen) atoms. The van der Waals surface area contributed by atoms with Crippen molar-refractivity contribution in [2.24, 2.45) is 0 Å². The Morgan fingerprint density at radius 3 is 2.47 bits per heavy atom. The molecule has 1 unspecified atom stereocenters. The number of rotatable bonds is 4. The summed E-state index contributed by atoms with van der Waals surface area (Å²) in [5.41, 5.74) is -1.49. The molecule has 1 fully saturated rings. The van der Waals surface area contributed by atoms with Crippen molar-refractivity contribution < 1.29 is 18.3 Å². The average Bonchev–Trinajstić information content (AvgIpc) is 2.16. The molecule has 2 N–H and O–H groups in total.